The molecule has 2 aromatic carbocycles. The molecule has 1 amide bonds. The minimum Gasteiger partial charge on any atom is -0.341 e. The van der Waals surface area contributed by atoms with Gasteiger partial charge >= 0.3 is 0 Å². The second-order valence-electron chi connectivity index (χ2n) is 8.34. The first-order valence-corrected chi connectivity index (χ1v) is 13.3. The molecule has 1 saturated heterocycles. The molecule has 1 fully saturated rings. The summed E-state index contributed by atoms with van der Waals surface area (Å²) < 4.78 is 38.5. The molecule has 10 heteroatoms. The molecule has 0 N–H and O–H groups in total. The van der Waals surface area contributed by atoms with Crippen LogP contribution in [0.4, 0.5) is 4.39 Å². The molecule has 1 atom stereocenters. The highest BCUT2D eigenvalue weighted by Crippen LogP contribution is 2.30. The first-order valence-electron chi connectivity index (χ1n) is 10.7. The number of rotatable bonds is 8. The Hall–Kier alpha value is -1.71. The average Bonchev–Trinajstić information content (AvgIpc) is 2.76. The number of hydrogen-bond donors (Lipinski definition) is 0. The predicted octanol–water partition coefficient (Wildman–Crippen LogP) is 3.84. The SMILES string of the molecule is CN(Cc1cccc(F)c1)C(=O)C(CCN1CCN(S(C)(=O)=O)CC1)c1ccc(Cl)c(Cl)c1. The Labute approximate surface area is 204 Å². The van der Waals surface area contributed by atoms with Gasteiger partial charge in [-0.3, -0.25) is 4.79 Å². The third-order valence-corrected chi connectivity index (χ3v) is 7.91. The molecular weight excluding hydrogens is 488 g/mol. The molecule has 2 aromatic rings. The van der Waals surface area contributed by atoms with E-state index in [1.165, 1.54) is 22.7 Å². The van der Waals surface area contributed by atoms with Crippen LogP contribution in [0.1, 0.15) is 23.5 Å². The topological polar surface area (TPSA) is 60.9 Å². The lowest BCUT2D eigenvalue weighted by Gasteiger charge is -2.34. The molecule has 0 radical (unpaired) electrons. The van der Waals surface area contributed by atoms with E-state index in [0.29, 0.717) is 54.8 Å². The highest BCUT2D eigenvalue weighted by molar-refractivity contribution is 7.88. The van der Waals surface area contributed by atoms with Crippen LogP contribution in [0, 0.1) is 5.82 Å². The monoisotopic (exact) mass is 515 g/mol. The van der Waals surface area contributed by atoms with Crippen LogP contribution in [0.5, 0.6) is 0 Å². The molecule has 0 aliphatic carbocycles. The van der Waals surface area contributed by atoms with Gasteiger partial charge in [0.15, 0.2) is 0 Å². The van der Waals surface area contributed by atoms with E-state index < -0.39 is 15.9 Å². The zero-order valence-corrected chi connectivity index (χ0v) is 21.0. The van der Waals surface area contributed by atoms with Crippen LogP contribution in [0.15, 0.2) is 42.5 Å². The summed E-state index contributed by atoms with van der Waals surface area (Å²) in [5, 5.41) is 0.790. The molecule has 1 unspecified atom stereocenters. The number of carbonyl (C=O) groups is 1. The Bertz CT molecular complexity index is 1090. The molecule has 1 aliphatic heterocycles. The average molecular weight is 516 g/mol. The van der Waals surface area contributed by atoms with Crippen LogP contribution in [0.2, 0.25) is 10.0 Å². The van der Waals surface area contributed by atoms with Gasteiger partial charge in [0.05, 0.1) is 22.2 Å². The zero-order valence-electron chi connectivity index (χ0n) is 18.7. The summed E-state index contributed by atoms with van der Waals surface area (Å²) in [6.45, 7) is 2.99. The molecule has 0 aromatic heterocycles. The van der Waals surface area contributed by atoms with Crippen LogP contribution in [0.25, 0.3) is 0 Å². The molecule has 0 spiro atoms. The lowest BCUT2D eigenvalue weighted by Crippen LogP contribution is -2.48. The summed E-state index contributed by atoms with van der Waals surface area (Å²) in [5.41, 5.74) is 1.46. The van der Waals surface area contributed by atoms with Crippen molar-refractivity contribution in [2.24, 2.45) is 0 Å². The number of amides is 1. The normalized spacial score (nSPS) is 16.5. The maximum absolute atomic E-state index is 13.6. The van der Waals surface area contributed by atoms with Crippen LogP contribution in [-0.2, 0) is 21.4 Å². The van der Waals surface area contributed by atoms with E-state index in [-0.39, 0.29) is 18.3 Å². The molecule has 1 aliphatic rings. The number of nitrogens with zero attached hydrogens (tertiary/aromatic N) is 3. The molecule has 3 rings (SSSR count). The van der Waals surface area contributed by atoms with Gasteiger partial charge in [-0.15, -0.1) is 0 Å². The van der Waals surface area contributed by atoms with Crippen LogP contribution < -0.4 is 0 Å². The number of likely N-dealkylation sites (N-methyl/N-ethyl adjacent to an activating group) is 1. The van der Waals surface area contributed by atoms with Gasteiger partial charge in [-0.2, -0.15) is 4.31 Å². The number of carbonyl (C=O) groups excluding carboxylic acids is 1. The van der Waals surface area contributed by atoms with Gasteiger partial charge in [-0.05, 0) is 48.4 Å². The first kappa shape index (κ1) is 25.9. The lowest BCUT2D eigenvalue weighted by atomic mass is 9.93. The number of piperazine rings is 1. The van der Waals surface area contributed by atoms with Crippen molar-refractivity contribution in [2.45, 2.75) is 18.9 Å². The summed E-state index contributed by atoms with van der Waals surface area (Å²) in [7, 11) is -1.50. The molecule has 33 heavy (non-hydrogen) atoms. The largest absolute Gasteiger partial charge is 0.341 e. The van der Waals surface area contributed by atoms with Crippen molar-refractivity contribution in [2.75, 3.05) is 46.0 Å². The Morgan fingerprint density at radius 2 is 1.79 bits per heavy atom. The number of hydrogen-bond acceptors (Lipinski definition) is 4. The Morgan fingerprint density at radius 3 is 2.39 bits per heavy atom. The van der Waals surface area contributed by atoms with E-state index in [1.54, 1.807) is 42.3 Å². The summed E-state index contributed by atoms with van der Waals surface area (Å²) in [5.74, 6) is -0.915. The standard InChI is InChI=1S/C23H28Cl2FN3O3S/c1-27(16-17-4-3-5-19(26)14-17)23(30)20(18-6-7-21(24)22(25)15-18)8-9-28-10-12-29(13-11-28)33(2,31)32/h3-7,14-15,20H,8-13,16H2,1-2H3. The molecule has 1 heterocycles. The molecule has 0 saturated carbocycles. The fourth-order valence-electron chi connectivity index (χ4n) is 4.01. The van der Waals surface area contributed by atoms with Gasteiger partial charge in [0, 0.05) is 39.8 Å². The number of halogens is 3. The van der Waals surface area contributed by atoms with E-state index in [0.717, 1.165) is 5.56 Å². The van der Waals surface area contributed by atoms with Gasteiger partial charge in [0.25, 0.3) is 0 Å². The summed E-state index contributed by atoms with van der Waals surface area (Å²) in [6.07, 6.45) is 1.75. The van der Waals surface area contributed by atoms with Crippen LogP contribution in [0.3, 0.4) is 0 Å². The smallest absolute Gasteiger partial charge is 0.230 e. The van der Waals surface area contributed by atoms with Gasteiger partial charge in [0.1, 0.15) is 5.82 Å². The van der Waals surface area contributed by atoms with Crippen LogP contribution >= 0.6 is 23.2 Å². The third-order valence-electron chi connectivity index (χ3n) is 5.86. The van der Waals surface area contributed by atoms with Gasteiger partial charge in [0.2, 0.25) is 15.9 Å². The van der Waals surface area contributed by atoms with Crippen molar-refractivity contribution in [3.8, 4) is 0 Å². The zero-order chi connectivity index (χ0) is 24.2. The van der Waals surface area contributed by atoms with E-state index in [4.69, 9.17) is 23.2 Å². The Morgan fingerprint density at radius 1 is 1.09 bits per heavy atom. The number of benzene rings is 2. The molecule has 180 valence electrons. The molecule has 0 bridgehead atoms. The fraction of sp³-hybridized carbons (Fsp3) is 0.435. The van der Waals surface area contributed by atoms with Crippen LogP contribution in [-0.4, -0.2) is 74.5 Å². The summed E-state index contributed by atoms with van der Waals surface area (Å²) in [6, 6.07) is 11.4. The van der Waals surface area contributed by atoms with E-state index >= 15 is 0 Å². The lowest BCUT2D eigenvalue weighted by molar-refractivity contribution is -0.132. The first-order chi connectivity index (χ1) is 15.5. The van der Waals surface area contributed by atoms with Gasteiger partial charge < -0.3 is 9.80 Å². The molecular formula is C23H28Cl2FN3O3S. The Kier molecular flexibility index (Phi) is 8.75. The van der Waals surface area contributed by atoms with Crippen molar-refractivity contribution >= 4 is 39.1 Å². The highest BCUT2D eigenvalue weighted by atomic mass is 35.5. The minimum absolute atomic E-state index is 0.104. The Balaban J connectivity index is 1.72. The third kappa shape index (κ3) is 7.13. The van der Waals surface area contributed by atoms with Crippen molar-refractivity contribution in [3.05, 3.63) is 69.5 Å². The quantitative estimate of drug-likeness (QED) is 0.535. The van der Waals surface area contributed by atoms with Crippen molar-refractivity contribution < 1.29 is 17.6 Å². The maximum Gasteiger partial charge on any atom is 0.230 e. The maximum atomic E-state index is 13.6. The van der Waals surface area contributed by atoms with E-state index in [1.807, 2.05) is 0 Å². The number of sulfonamides is 1. The van der Waals surface area contributed by atoms with E-state index in [2.05, 4.69) is 4.90 Å². The summed E-state index contributed by atoms with van der Waals surface area (Å²) in [4.78, 5) is 17.2. The van der Waals surface area contributed by atoms with E-state index in [9.17, 15) is 17.6 Å². The predicted molar refractivity (Wildman–Crippen MR) is 130 cm³/mol. The van der Waals surface area contributed by atoms with Crippen molar-refractivity contribution in [1.82, 2.24) is 14.1 Å². The minimum atomic E-state index is -3.20. The van der Waals surface area contributed by atoms with Crippen molar-refractivity contribution in [3.63, 3.8) is 0 Å². The highest BCUT2D eigenvalue weighted by Gasteiger charge is 2.28. The second kappa shape index (κ2) is 11.1. The van der Waals surface area contributed by atoms with Gasteiger partial charge in [-0.1, -0.05) is 41.4 Å². The molecule has 6 nitrogen and oxygen atoms in total. The second-order valence-corrected chi connectivity index (χ2v) is 11.1. The van der Waals surface area contributed by atoms with Crippen molar-refractivity contribution in [1.29, 1.82) is 0 Å². The van der Waals surface area contributed by atoms with Gasteiger partial charge in [-0.25, -0.2) is 12.8 Å². The summed E-state index contributed by atoms with van der Waals surface area (Å²) >= 11 is 12.3. The fourth-order valence-corrected chi connectivity index (χ4v) is 5.14.